The van der Waals surface area contributed by atoms with Gasteiger partial charge in [0, 0.05) is 24.2 Å². The molecule has 0 aliphatic heterocycles. The molecule has 0 aliphatic rings. The van der Waals surface area contributed by atoms with Crippen LogP contribution in [0, 0.1) is 5.82 Å². The van der Waals surface area contributed by atoms with E-state index < -0.39 is 0 Å². The molecule has 2 rings (SSSR count). The van der Waals surface area contributed by atoms with Crippen LogP contribution in [0.15, 0.2) is 30.5 Å². The minimum atomic E-state index is -0.257. The zero-order chi connectivity index (χ0) is 13.7. The highest BCUT2D eigenvalue weighted by Crippen LogP contribution is 2.16. The summed E-state index contributed by atoms with van der Waals surface area (Å²) >= 11 is 1.49. The first-order chi connectivity index (χ1) is 9.13. The van der Waals surface area contributed by atoms with E-state index in [1.165, 1.54) is 23.5 Å². The molecule has 0 unspecified atom stereocenters. The molecule has 0 bridgehead atoms. The number of thiazole rings is 1. The summed E-state index contributed by atoms with van der Waals surface area (Å²) < 4.78 is 18.2. The minimum Gasteiger partial charge on any atom is -0.492 e. The minimum absolute atomic E-state index is 0. The highest BCUT2D eigenvalue weighted by molar-refractivity contribution is 7.15. The first-order valence-electron chi connectivity index (χ1n) is 5.90. The molecule has 1 aromatic carbocycles. The van der Waals surface area contributed by atoms with Crippen LogP contribution in [0.1, 0.15) is 4.88 Å². The number of anilines is 1. The van der Waals surface area contributed by atoms with Gasteiger partial charge in [-0.25, -0.2) is 9.37 Å². The Labute approximate surface area is 127 Å². The Balaban J connectivity index is 0.00000200. The molecule has 2 aromatic rings. The van der Waals surface area contributed by atoms with Gasteiger partial charge in [0.1, 0.15) is 18.2 Å². The number of rotatable bonds is 6. The standard InChI is InChI=1S/C13H16FN3OS.ClH/c1-17(9-12-8-16-13(15)19-12)6-7-18-11-4-2-10(14)3-5-11;/h2-5,8H,6-7,9H2,1H3,(H2,15,16);1H. The van der Waals surface area contributed by atoms with Crippen molar-refractivity contribution < 1.29 is 9.13 Å². The molecule has 1 aromatic heterocycles. The number of ether oxygens (including phenoxy) is 1. The van der Waals surface area contributed by atoms with E-state index in [1.54, 1.807) is 18.3 Å². The largest absolute Gasteiger partial charge is 0.492 e. The number of hydrogen-bond acceptors (Lipinski definition) is 5. The van der Waals surface area contributed by atoms with Crippen LogP contribution in [0.5, 0.6) is 5.75 Å². The second-order valence-electron chi connectivity index (χ2n) is 4.20. The fourth-order valence-electron chi connectivity index (χ4n) is 1.59. The van der Waals surface area contributed by atoms with Gasteiger partial charge in [-0.3, -0.25) is 4.90 Å². The van der Waals surface area contributed by atoms with Crippen molar-refractivity contribution >= 4 is 28.9 Å². The highest BCUT2D eigenvalue weighted by Gasteiger charge is 2.04. The van der Waals surface area contributed by atoms with Gasteiger partial charge in [-0.2, -0.15) is 0 Å². The summed E-state index contributed by atoms with van der Waals surface area (Å²) in [5.41, 5.74) is 5.58. The molecule has 1 heterocycles. The van der Waals surface area contributed by atoms with Crippen molar-refractivity contribution in [2.45, 2.75) is 6.54 Å². The molecule has 0 saturated carbocycles. The van der Waals surface area contributed by atoms with Crippen LogP contribution in [0.3, 0.4) is 0 Å². The van der Waals surface area contributed by atoms with Crippen molar-refractivity contribution in [3.8, 4) is 5.75 Å². The predicted molar refractivity (Wildman–Crippen MR) is 82.0 cm³/mol. The molecule has 2 N–H and O–H groups in total. The average Bonchev–Trinajstić information content (AvgIpc) is 2.77. The van der Waals surface area contributed by atoms with Crippen LogP contribution in [0.4, 0.5) is 9.52 Å². The zero-order valence-corrected chi connectivity index (χ0v) is 12.7. The first kappa shape index (κ1) is 16.7. The van der Waals surface area contributed by atoms with Crippen LogP contribution in [0.2, 0.25) is 0 Å². The Morgan fingerprint density at radius 2 is 2.05 bits per heavy atom. The van der Waals surface area contributed by atoms with Gasteiger partial charge in [0.2, 0.25) is 0 Å². The Hall–Kier alpha value is -1.37. The Morgan fingerprint density at radius 1 is 1.35 bits per heavy atom. The predicted octanol–water partition coefficient (Wildman–Crippen LogP) is 2.80. The number of benzene rings is 1. The number of nitrogens with zero attached hydrogens (tertiary/aromatic N) is 2. The molecular weight excluding hydrogens is 301 g/mol. The molecule has 7 heteroatoms. The number of hydrogen-bond donors (Lipinski definition) is 1. The maximum Gasteiger partial charge on any atom is 0.180 e. The molecule has 20 heavy (non-hydrogen) atoms. The normalized spacial score (nSPS) is 10.3. The summed E-state index contributed by atoms with van der Waals surface area (Å²) in [7, 11) is 2.00. The Kier molecular flexibility index (Phi) is 6.70. The molecule has 0 amide bonds. The zero-order valence-electron chi connectivity index (χ0n) is 11.1. The van der Waals surface area contributed by atoms with E-state index in [2.05, 4.69) is 9.88 Å². The maximum absolute atomic E-state index is 12.7. The van der Waals surface area contributed by atoms with Crippen LogP contribution >= 0.6 is 23.7 Å². The van der Waals surface area contributed by atoms with Gasteiger partial charge in [0.15, 0.2) is 5.13 Å². The smallest absolute Gasteiger partial charge is 0.180 e. The van der Waals surface area contributed by atoms with Crippen molar-refractivity contribution in [1.82, 2.24) is 9.88 Å². The lowest BCUT2D eigenvalue weighted by Gasteiger charge is -2.15. The van der Waals surface area contributed by atoms with Gasteiger partial charge in [-0.1, -0.05) is 0 Å². The first-order valence-corrected chi connectivity index (χ1v) is 6.72. The summed E-state index contributed by atoms with van der Waals surface area (Å²) in [4.78, 5) is 7.26. The lowest BCUT2D eigenvalue weighted by Crippen LogP contribution is -2.23. The number of aromatic nitrogens is 1. The Morgan fingerprint density at radius 3 is 2.65 bits per heavy atom. The summed E-state index contributed by atoms with van der Waals surface area (Å²) in [6, 6.07) is 6.02. The molecular formula is C13H17ClFN3OS. The fraction of sp³-hybridized carbons (Fsp3) is 0.308. The molecule has 0 aliphatic carbocycles. The second kappa shape index (κ2) is 8.04. The van der Waals surface area contributed by atoms with E-state index in [0.717, 1.165) is 18.0 Å². The molecule has 0 spiro atoms. The van der Waals surface area contributed by atoms with Gasteiger partial charge in [-0.15, -0.1) is 23.7 Å². The lowest BCUT2D eigenvalue weighted by atomic mass is 10.3. The van der Waals surface area contributed by atoms with E-state index in [-0.39, 0.29) is 18.2 Å². The van der Waals surface area contributed by atoms with Crippen molar-refractivity contribution in [3.63, 3.8) is 0 Å². The van der Waals surface area contributed by atoms with Gasteiger partial charge in [0.05, 0.1) is 0 Å². The molecule has 4 nitrogen and oxygen atoms in total. The molecule has 0 radical (unpaired) electrons. The summed E-state index contributed by atoms with van der Waals surface area (Å²) in [6.07, 6.45) is 1.79. The van der Waals surface area contributed by atoms with Crippen LogP contribution < -0.4 is 10.5 Å². The van der Waals surface area contributed by atoms with Crippen molar-refractivity contribution in [1.29, 1.82) is 0 Å². The van der Waals surface area contributed by atoms with E-state index in [0.29, 0.717) is 17.5 Å². The third-order valence-corrected chi connectivity index (χ3v) is 3.36. The number of nitrogens with two attached hydrogens (primary N) is 1. The van der Waals surface area contributed by atoms with Gasteiger partial charge < -0.3 is 10.5 Å². The lowest BCUT2D eigenvalue weighted by molar-refractivity contribution is 0.233. The number of likely N-dealkylation sites (N-methyl/N-ethyl adjacent to an activating group) is 1. The topological polar surface area (TPSA) is 51.4 Å². The van der Waals surface area contributed by atoms with E-state index in [1.807, 2.05) is 7.05 Å². The van der Waals surface area contributed by atoms with Crippen molar-refractivity contribution in [2.75, 3.05) is 25.9 Å². The SMILES string of the molecule is CN(CCOc1ccc(F)cc1)Cc1cnc(N)s1.Cl. The summed E-state index contributed by atoms with van der Waals surface area (Å²) in [5, 5.41) is 0.589. The molecule has 0 fully saturated rings. The van der Waals surface area contributed by atoms with Crippen LogP contribution in [0.25, 0.3) is 0 Å². The molecule has 110 valence electrons. The summed E-state index contributed by atoms with van der Waals surface area (Å²) in [6.45, 7) is 2.12. The van der Waals surface area contributed by atoms with Gasteiger partial charge in [0.25, 0.3) is 0 Å². The number of halogens is 2. The van der Waals surface area contributed by atoms with Crippen molar-refractivity contribution in [2.24, 2.45) is 0 Å². The monoisotopic (exact) mass is 317 g/mol. The van der Waals surface area contributed by atoms with Crippen LogP contribution in [-0.2, 0) is 6.54 Å². The molecule has 0 saturated heterocycles. The van der Waals surface area contributed by atoms with E-state index >= 15 is 0 Å². The fourth-order valence-corrected chi connectivity index (χ4v) is 2.36. The van der Waals surface area contributed by atoms with E-state index in [9.17, 15) is 4.39 Å². The third kappa shape index (κ3) is 5.32. The average molecular weight is 318 g/mol. The van der Waals surface area contributed by atoms with Gasteiger partial charge >= 0.3 is 0 Å². The number of nitrogen functional groups attached to an aromatic ring is 1. The Bertz CT molecular complexity index is 521. The van der Waals surface area contributed by atoms with Crippen molar-refractivity contribution in [3.05, 3.63) is 41.2 Å². The molecule has 0 atom stereocenters. The van der Waals surface area contributed by atoms with Gasteiger partial charge in [-0.05, 0) is 31.3 Å². The maximum atomic E-state index is 12.7. The summed E-state index contributed by atoms with van der Waals surface area (Å²) in [5.74, 6) is 0.420. The second-order valence-corrected chi connectivity index (χ2v) is 5.35. The van der Waals surface area contributed by atoms with Crippen LogP contribution in [-0.4, -0.2) is 30.1 Å². The highest BCUT2D eigenvalue weighted by atomic mass is 35.5. The van der Waals surface area contributed by atoms with E-state index in [4.69, 9.17) is 10.5 Å². The quantitative estimate of drug-likeness (QED) is 0.890. The third-order valence-electron chi connectivity index (χ3n) is 2.55.